The second-order valence-electron chi connectivity index (χ2n) is 4.99. The van der Waals surface area contributed by atoms with Gasteiger partial charge in [0.1, 0.15) is 11.5 Å². The largest absolute Gasteiger partial charge is 0.427 e. The van der Waals surface area contributed by atoms with Crippen LogP contribution in [0.25, 0.3) is 20.9 Å². The normalized spacial score (nSPS) is 10.4. The third kappa shape index (κ3) is 3.55. The van der Waals surface area contributed by atoms with Crippen LogP contribution in [0.3, 0.4) is 0 Å². The van der Waals surface area contributed by atoms with Gasteiger partial charge >= 0.3 is 11.9 Å². The lowest BCUT2D eigenvalue weighted by Crippen LogP contribution is -2.04. The first-order valence-corrected chi connectivity index (χ1v) is 8.93. The predicted octanol–water partition coefficient (Wildman–Crippen LogP) is 4.99. The summed E-state index contributed by atoms with van der Waals surface area (Å²) in [6.07, 6.45) is 0. The second kappa shape index (κ2) is 6.98. The van der Waals surface area contributed by atoms with Gasteiger partial charge in [0, 0.05) is 29.9 Å². The molecule has 0 saturated heterocycles. The van der Waals surface area contributed by atoms with Gasteiger partial charge in [0.25, 0.3) is 0 Å². The van der Waals surface area contributed by atoms with Gasteiger partial charge in [-0.1, -0.05) is 6.07 Å². The Morgan fingerprint density at radius 3 is 2.33 bits per heavy atom. The third-order valence-corrected chi connectivity index (χ3v) is 5.13. The van der Waals surface area contributed by atoms with Crippen LogP contribution in [-0.2, 0) is 9.59 Å². The number of thiophene rings is 2. The Kier molecular flexibility index (Phi) is 4.78. The molecule has 0 aliphatic rings. The lowest BCUT2D eigenvalue weighted by atomic mass is 10.0. The average Bonchev–Trinajstić information content (AvgIpc) is 3.17. The van der Waals surface area contributed by atoms with Crippen LogP contribution in [0.5, 0.6) is 11.5 Å². The number of esters is 2. The molecule has 0 bridgehead atoms. The van der Waals surface area contributed by atoms with Crippen LogP contribution >= 0.6 is 22.7 Å². The summed E-state index contributed by atoms with van der Waals surface area (Å²) in [4.78, 5) is 24.8. The first-order valence-electron chi connectivity index (χ1n) is 7.17. The fourth-order valence-corrected chi connectivity index (χ4v) is 4.11. The summed E-state index contributed by atoms with van der Waals surface area (Å²) >= 11 is 3.25. The van der Waals surface area contributed by atoms with Gasteiger partial charge in [-0.2, -0.15) is 0 Å². The van der Waals surface area contributed by atoms with Crippen LogP contribution in [0.4, 0.5) is 0 Å². The standard InChI is InChI=1S/C18H14O4S2/c1-11(19)21-13-5-6-16(22-12(2)20)15(10-13)14-7-9-24-18(14)17-4-3-8-23-17/h3-10H,1-2H3. The topological polar surface area (TPSA) is 52.6 Å². The molecule has 0 saturated carbocycles. The highest BCUT2D eigenvalue weighted by atomic mass is 32.1. The van der Waals surface area contributed by atoms with E-state index >= 15 is 0 Å². The van der Waals surface area contributed by atoms with Gasteiger partial charge in [0.15, 0.2) is 0 Å². The van der Waals surface area contributed by atoms with Crippen molar-refractivity contribution >= 4 is 34.6 Å². The number of carbonyl (C=O) groups is 2. The average molecular weight is 358 g/mol. The Bertz CT molecular complexity index is 878. The van der Waals surface area contributed by atoms with Crippen LogP contribution in [0.2, 0.25) is 0 Å². The Balaban J connectivity index is 2.12. The first-order chi connectivity index (χ1) is 11.5. The summed E-state index contributed by atoms with van der Waals surface area (Å²) in [7, 11) is 0. The molecule has 0 radical (unpaired) electrons. The number of benzene rings is 1. The maximum absolute atomic E-state index is 11.4. The predicted molar refractivity (Wildman–Crippen MR) is 95.7 cm³/mol. The summed E-state index contributed by atoms with van der Waals surface area (Å²) in [5.41, 5.74) is 1.65. The zero-order valence-corrected chi connectivity index (χ0v) is 14.7. The van der Waals surface area contributed by atoms with E-state index in [1.54, 1.807) is 40.9 Å². The summed E-state index contributed by atoms with van der Waals surface area (Å²) in [6, 6.07) is 11.0. The van der Waals surface area contributed by atoms with Crippen LogP contribution in [0, 0.1) is 0 Å². The van der Waals surface area contributed by atoms with Crippen molar-refractivity contribution in [2.75, 3.05) is 0 Å². The van der Waals surface area contributed by atoms with Gasteiger partial charge in [-0.05, 0) is 41.1 Å². The SMILES string of the molecule is CC(=O)Oc1ccc(OC(C)=O)c(-c2ccsc2-c2cccs2)c1. The van der Waals surface area contributed by atoms with Crippen molar-refractivity contribution in [1.29, 1.82) is 0 Å². The summed E-state index contributed by atoms with van der Waals surface area (Å²) in [6.45, 7) is 2.71. The van der Waals surface area contributed by atoms with Crippen LogP contribution < -0.4 is 9.47 Å². The molecule has 2 aromatic heterocycles. The van der Waals surface area contributed by atoms with Crippen molar-refractivity contribution in [3.8, 4) is 32.4 Å². The fourth-order valence-electron chi connectivity index (χ4n) is 2.31. The number of hydrogen-bond donors (Lipinski definition) is 0. The molecule has 0 unspecified atom stereocenters. The molecule has 1 aromatic carbocycles. The lowest BCUT2D eigenvalue weighted by Gasteiger charge is -2.11. The molecular weight excluding hydrogens is 344 g/mol. The number of ether oxygens (including phenoxy) is 2. The van der Waals surface area contributed by atoms with Crippen molar-refractivity contribution in [1.82, 2.24) is 0 Å². The van der Waals surface area contributed by atoms with E-state index in [-0.39, 0.29) is 0 Å². The molecule has 24 heavy (non-hydrogen) atoms. The van der Waals surface area contributed by atoms with Crippen molar-refractivity contribution < 1.29 is 19.1 Å². The number of carbonyl (C=O) groups excluding carboxylic acids is 2. The molecule has 0 aliphatic carbocycles. The highest BCUT2D eigenvalue weighted by molar-refractivity contribution is 7.20. The minimum atomic E-state index is -0.399. The maximum Gasteiger partial charge on any atom is 0.308 e. The minimum absolute atomic E-state index is 0.398. The van der Waals surface area contributed by atoms with E-state index in [1.165, 1.54) is 13.8 Å². The van der Waals surface area contributed by atoms with Crippen molar-refractivity contribution in [3.63, 3.8) is 0 Å². The van der Waals surface area contributed by atoms with E-state index < -0.39 is 11.9 Å². The van der Waals surface area contributed by atoms with Gasteiger partial charge in [-0.25, -0.2) is 0 Å². The third-order valence-electron chi connectivity index (χ3n) is 3.17. The van der Waals surface area contributed by atoms with Crippen LogP contribution in [0.15, 0.2) is 47.2 Å². The monoisotopic (exact) mass is 358 g/mol. The lowest BCUT2D eigenvalue weighted by molar-refractivity contribution is -0.133. The highest BCUT2D eigenvalue weighted by Gasteiger charge is 2.17. The molecule has 2 heterocycles. The van der Waals surface area contributed by atoms with Gasteiger partial charge in [0.05, 0.1) is 4.88 Å². The van der Waals surface area contributed by atoms with E-state index in [0.29, 0.717) is 17.1 Å². The molecule has 4 nitrogen and oxygen atoms in total. The van der Waals surface area contributed by atoms with Crippen LogP contribution in [-0.4, -0.2) is 11.9 Å². The Labute approximate surface area is 147 Å². The van der Waals surface area contributed by atoms with Crippen LogP contribution in [0.1, 0.15) is 13.8 Å². The maximum atomic E-state index is 11.4. The molecule has 122 valence electrons. The van der Waals surface area contributed by atoms with E-state index in [1.807, 2.05) is 29.0 Å². The second-order valence-corrected chi connectivity index (χ2v) is 6.85. The summed E-state index contributed by atoms with van der Waals surface area (Å²) in [5.74, 6) is 0.0562. The van der Waals surface area contributed by atoms with Gasteiger partial charge in [-0.15, -0.1) is 22.7 Å². The van der Waals surface area contributed by atoms with Crippen molar-refractivity contribution in [3.05, 3.63) is 47.2 Å². The number of hydrogen-bond acceptors (Lipinski definition) is 6. The van der Waals surface area contributed by atoms with Gasteiger partial charge < -0.3 is 9.47 Å². The molecule has 0 amide bonds. The van der Waals surface area contributed by atoms with Gasteiger partial charge in [0.2, 0.25) is 0 Å². The highest BCUT2D eigenvalue weighted by Crippen LogP contribution is 2.43. The fraction of sp³-hybridized carbons (Fsp3) is 0.111. The molecule has 0 N–H and O–H groups in total. The Hall–Kier alpha value is -2.44. The van der Waals surface area contributed by atoms with Gasteiger partial charge in [-0.3, -0.25) is 9.59 Å². The van der Waals surface area contributed by atoms with Crippen molar-refractivity contribution in [2.24, 2.45) is 0 Å². The number of rotatable bonds is 4. The summed E-state index contributed by atoms with van der Waals surface area (Å²) < 4.78 is 10.5. The molecule has 0 spiro atoms. The zero-order chi connectivity index (χ0) is 17.1. The smallest absolute Gasteiger partial charge is 0.308 e. The summed E-state index contributed by atoms with van der Waals surface area (Å²) in [5, 5.41) is 4.00. The van der Waals surface area contributed by atoms with Crippen molar-refractivity contribution in [2.45, 2.75) is 13.8 Å². The van der Waals surface area contributed by atoms with E-state index in [4.69, 9.17) is 9.47 Å². The van der Waals surface area contributed by atoms with E-state index in [2.05, 4.69) is 0 Å². The minimum Gasteiger partial charge on any atom is -0.427 e. The molecule has 0 aliphatic heterocycles. The molecular formula is C18H14O4S2. The molecule has 3 aromatic rings. The molecule has 3 rings (SSSR count). The zero-order valence-electron chi connectivity index (χ0n) is 13.1. The van der Waals surface area contributed by atoms with E-state index in [0.717, 1.165) is 15.3 Å². The quantitative estimate of drug-likeness (QED) is 0.487. The first kappa shape index (κ1) is 16.4. The molecule has 6 heteroatoms. The molecule has 0 atom stereocenters. The molecule has 0 fully saturated rings. The Morgan fingerprint density at radius 1 is 0.875 bits per heavy atom. The Morgan fingerprint density at radius 2 is 1.67 bits per heavy atom. The van der Waals surface area contributed by atoms with E-state index in [9.17, 15) is 9.59 Å².